The van der Waals surface area contributed by atoms with Crippen molar-refractivity contribution in [3.05, 3.63) is 194 Å². The number of fused-ring (bicyclic) bond motifs is 7. The summed E-state index contributed by atoms with van der Waals surface area (Å²) in [7, 11) is 0. The van der Waals surface area contributed by atoms with Crippen LogP contribution in [0.15, 0.2) is 198 Å². The molecule has 0 bridgehead atoms. The molecule has 11 aromatic rings. The fourth-order valence-corrected chi connectivity index (χ4v) is 8.03. The second kappa shape index (κ2) is 11.8. The van der Waals surface area contributed by atoms with Gasteiger partial charge in [-0.25, -0.2) is 0 Å². The predicted octanol–water partition coefficient (Wildman–Crippen LogP) is 14.9. The molecular weight excluding hydrogens is 641 g/mol. The Labute approximate surface area is 315 Å². The van der Waals surface area contributed by atoms with Gasteiger partial charge in [-0.2, -0.15) is 0 Å². The van der Waals surface area contributed by atoms with Crippen LogP contribution in [0.25, 0.3) is 110 Å². The molecule has 0 saturated carbocycles. The molecule has 0 aliphatic heterocycles. The summed E-state index contributed by atoms with van der Waals surface area (Å²) < 4.78 is 63.9. The SMILES string of the molecule is [2H]c1c(-c2cccc3oc4ccc(-c5ccc6ccccc6c5)cc4c23)c([2H])c2c([2H])c([2H])c(-c3c4ccccc4c(-c4ccccc4)c4ccccc34)c([2H])c2c1[2H]. The molecular formula is C52H32O. The Kier molecular flexibility index (Phi) is 5.40. The summed E-state index contributed by atoms with van der Waals surface area (Å²) in [5, 5.41) is 7.30. The smallest absolute Gasteiger partial charge is 0.136 e. The molecule has 11 rings (SSSR count). The van der Waals surface area contributed by atoms with Crippen molar-refractivity contribution in [3.8, 4) is 44.5 Å². The minimum Gasteiger partial charge on any atom is -0.456 e. The van der Waals surface area contributed by atoms with Gasteiger partial charge in [0.2, 0.25) is 0 Å². The molecule has 1 nitrogen and oxygen atoms in total. The highest BCUT2D eigenvalue weighted by Gasteiger charge is 2.18. The summed E-state index contributed by atoms with van der Waals surface area (Å²) >= 11 is 0. The van der Waals surface area contributed by atoms with E-state index in [0.29, 0.717) is 27.7 Å². The van der Waals surface area contributed by atoms with Crippen molar-refractivity contribution in [2.24, 2.45) is 0 Å². The monoisotopic (exact) mass is 678 g/mol. The van der Waals surface area contributed by atoms with E-state index in [1.54, 1.807) is 0 Å². The van der Waals surface area contributed by atoms with Gasteiger partial charge >= 0.3 is 0 Å². The van der Waals surface area contributed by atoms with Crippen molar-refractivity contribution in [1.82, 2.24) is 0 Å². The number of hydrogen-bond donors (Lipinski definition) is 0. The molecule has 0 atom stereocenters. The number of furan rings is 1. The maximum atomic E-state index is 9.76. The van der Waals surface area contributed by atoms with Gasteiger partial charge in [0.05, 0.1) is 8.22 Å². The molecule has 246 valence electrons. The molecule has 0 fully saturated rings. The van der Waals surface area contributed by atoms with E-state index >= 15 is 0 Å². The summed E-state index contributed by atoms with van der Waals surface area (Å²) in [5.41, 5.74) is 6.82. The minimum atomic E-state index is -0.262. The van der Waals surface area contributed by atoms with E-state index in [1.807, 2.05) is 109 Å². The zero-order valence-corrected chi connectivity index (χ0v) is 28.4. The van der Waals surface area contributed by atoms with Crippen molar-refractivity contribution in [2.45, 2.75) is 0 Å². The molecule has 1 aromatic heterocycles. The quantitative estimate of drug-likeness (QED) is 0.169. The van der Waals surface area contributed by atoms with Crippen molar-refractivity contribution < 1.29 is 12.6 Å². The molecule has 0 spiro atoms. The lowest BCUT2D eigenvalue weighted by atomic mass is 9.85. The van der Waals surface area contributed by atoms with E-state index in [1.165, 1.54) is 0 Å². The Morgan fingerprint density at radius 2 is 0.925 bits per heavy atom. The molecule has 0 aliphatic carbocycles. The molecule has 1 heteroatoms. The van der Waals surface area contributed by atoms with Gasteiger partial charge in [-0.15, -0.1) is 0 Å². The third kappa shape index (κ3) is 4.79. The Morgan fingerprint density at radius 3 is 1.66 bits per heavy atom. The molecule has 0 N–H and O–H groups in total. The van der Waals surface area contributed by atoms with E-state index in [2.05, 4.69) is 48.5 Å². The van der Waals surface area contributed by atoms with Crippen molar-refractivity contribution >= 4 is 65.0 Å². The molecule has 0 radical (unpaired) electrons. The van der Waals surface area contributed by atoms with E-state index < -0.39 is 0 Å². The van der Waals surface area contributed by atoms with Gasteiger partial charge in [0.1, 0.15) is 11.2 Å². The van der Waals surface area contributed by atoms with Crippen LogP contribution in [0.3, 0.4) is 0 Å². The first-order valence-corrected chi connectivity index (χ1v) is 17.8. The van der Waals surface area contributed by atoms with Crippen LogP contribution in [0.2, 0.25) is 0 Å². The second-order valence-corrected chi connectivity index (χ2v) is 13.5. The Hall–Kier alpha value is -6.96. The first-order valence-electron chi connectivity index (χ1n) is 20.8. The van der Waals surface area contributed by atoms with Crippen molar-refractivity contribution in [3.63, 3.8) is 0 Å². The highest BCUT2D eigenvalue weighted by atomic mass is 16.3. The van der Waals surface area contributed by atoms with Crippen LogP contribution in [0.4, 0.5) is 0 Å². The minimum absolute atomic E-state index is 0.0101. The van der Waals surface area contributed by atoms with Crippen LogP contribution in [-0.4, -0.2) is 0 Å². The van der Waals surface area contributed by atoms with Gasteiger partial charge in [0.15, 0.2) is 0 Å². The number of benzene rings is 10. The first-order chi connectivity index (χ1) is 28.8. The fraction of sp³-hybridized carbons (Fsp3) is 0. The zero-order chi connectivity index (χ0) is 40.1. The number of rotatable bonds is 4. The van der Waals surface area contributed by atoms with Gasteiger partial charge in [-0.05, 0) is 124 Å². The predicted molar refractivity (Wildman–Crippen MR) is 225 cm³/mol. The third-order valence-corrected chi connectivity index (χ3v) is 10.5. The van der Waals surface area contributed by atoms with E-state index in [-0.39, 0.29) is 58.2 Å². The summed E-state index contributed by atoms with van der Waals surface area (Å²) in [6.07, 6.45) is 0. The standard InChI is InChI=1S/C52H32O/c1-2-12-34(13-3-1)50-43-15-6-8-17-45(43)51(46-18-9-7-16-44(46)50)41-26-24-37-30-40(25-23-38(37)31-41)42-19-10-20-49-52(42)47-32-39(27-28-48(47)53-49)36-22-21-33-11-4-5-14-35(33)29-36/h1-32H/i23D,24D,25D,26D,30D,31D. The van der Waals surface area contributed by atoms with Crippen LogP contribution >= 0.6 is 0 Å². The van der Waals surface area contributed by atoms with Crippen LogP contribution in [0, 0.1) is 0 Å². The van der Waals surface area contributed by atoms with Crippen molar-refractivity contribution in [1.29, 1.82) is 0 Å². The molecule has 0 saturated heterocycles. The van der Waals surface area contributed by atoms with E-state index in [0.717, 1.165) is 60.0 Å². The molecule has 0 aliphatic rings. The van der Waals surface area contributed by atoms with Gasteiger partial charge in [0, 0.05) is 10.8 Å². The Bertz CT molecular complexity index is 3510. The molecule has 0 unspecified atom stereocenters. The molecule has 1 heterocycles. The Morgan fingerprint density at radius 1 is 0.340 bits per heavy atom. The van der Waals surface area contributed by atoms with E-state index in [4.69, 9.17) is 4.42 Å². The second-order valence-electron chi connectivity index (χ2n) is 13.5. The average Bonchev–Trinajstić information content (AvgIpc) is 3.65. The van der Waals surface area contributed by atoms with Crippen LogP contribution < -0.4 is 0 Å². The van der Waals surface area contributed by atoms with Gasteiger partial charge < -0.3 is 4.42 Å². The molecule has 53 heavy (non-hydrogen) atoms. The highest BCUT2D eigenvalue weighted by Crippen LogP contribution is 2.45. The summed E-state index contributed by atoms with van der Waals surface area (Å²) in [6.45, 7) is 0. The largest absolute Gasteiger partial charge is 0.456 e. The molecule has 0 amide bonds. The zero-order valence-electron chi connectivity index (χ0n) is 34.4. The fourth-order valence-electron chi connectivity index (χ4n) is 8.03. The normalized spacial score (nSPS) is 13.4. The van der Waals surface area contributed by atoms with Crippen LogP contribution in [-0.2, 0) is 0 Å². The van der Waals surface area contributed by atoms with Gasteiger partial charge in [-0.1, -0.05) is 158 Å². The average molecular weight is 679 g/mol. The van der Waals surface area contributed by atoms with Crippen molar-refractivity contribution in [2.75, 3.05) is 0 Å². The lowest BCUT2D eigenvalue weighted by Crippen LogP contribution is -1.90. The molecule has 10 aromatic carbocycles. The summed E-state index contributed by atoms with van der Waals surface area (Å²) in [6, 6.07) is 50.8. The van der Waals surface area contributed by atoms with Gasteiger partial charge in [-0.3, -0.25) is 0 Å². The first kappa shape index (κ1) is 24.3. The summed E-state index contributed by atoms with van der Waals surface area (Å²) in [5.74, 6) is 0. The maximum Gasteiger partial charge on any atom is 0.136 e. The number of hydrogen-bond acceptors (Lipinski definition) is 1. The maximum absolute atomic E-state index is 9.76. The lowest BCUT2D eigenvalue weighted by molar-refractivity contribution is 0.669. The lowest BCUT2D eigenvalue weighted by Gasteiger charge is -2.18. The van der Waals surface area contributed by atoms with E-state index in [9.17, 15) is 8.22 Å². The topological polar surface area (TPSA) is 13.1 Å². The highest BCUT2D eigenvalue weighted by molar-refractivity contribution is 6.22. The third-order valence-electron chi connectivity index (χ3n) is 10.5. The summed E-state index contributed by atoms with van der Waals surface area (Å²) in [4.78, 5) is 0. The Balaban J connectivity index is 1.17. The van der Waals surface area contributed by atoms with Crippen LogP contribution in [0.1, 0.15) is 8.22 Å². The van der Waals surface area contributed by atoms with Crippen LogP contribution in [0.5, 0.6) is 0 Å². The van der Waals surface area contributed by atoms with Gasteiger partial charge in [0.25, 0.3) is 0 Å².